The number of thioether (sulfide) groups is 1. The summed E-state index contributed by atoms with van der Waals surface area (Å²) in [5.74, 6) is 1.78. The number of piperidine rings is 1. The average Bonchev–Trinajstić information content (AvgIpc) is 3.38. The fraction of sp³-hybridized carbons (Fsp3) is 0.632. The highest BCUT2D eigenvalue weighted by Gasteiger charge is 2.25. The van der Waals surface area contributed by atoms with Crippen molar-refractivity contribution in [3.05, 3.63) is 29.3 Å². The topological polar surface area (TPSA) is 32.3 Å². The molecule has 1 aliphatic heterocycles. The lowest BCUT2D eigenvalue weighted by atomic mass is 10.0. The van der Waals surface area contributed by atoms with E-state index < -0.39 is 0 Å². The highest BCUT2D eigenvalue weighted by molar-refractivity contribution is 8.00. The Balaban J connectivity index is 0.00000208. The van der Waals surface area contributed by atoms with E-state index in [1.807, 2.05) is 4.90 Å². The van der Waals surface area contributed by atoms with Gasteiger partial charge in [0.1, 0.15) is 0 Å². The average molecular weight is 369 g/mol. The van der Waals surface area contributed by atoms with E-state index in [9.17, 15) is 4.79 Å². The number of rotatable bonds is 6. The lowest BCUT2D eigenvalue weighted by Crippen LogP contribution is -2.45. The molecule has 0 unspecified atom stereocenters. The minimum atomic E-state index is 0. The fourth-order valence-corrected chi connectivity index (χ4v) is 4.11. The summed E-state index contributed by atoms with van der Waals surface area (Å²) in [6.07, 6.45) is 5.01. The summed E-state index contributed by atoms with van der Waals surface area (Å²) >= 11 is 1.68. The molecule has 2 aliphatic rings. The third-order valence-corrected chi connectivity index (χ3v) is 6.08. The standard InChI is InChI=1S/C19H28N2OS.ClH/c1-14-3-4-15(2)18(11-14)23-13-19(22)21-9-7-17(8-10-21)20-12-16-5-6-16;/h3-4,11,16-17,20H,5-10,12-13H2,1-2H3;1H. The summed E-state index contributed by atoms with van der Waals surface area (Å²) in [6, 6.07) is 7.06. The van der Waals surface area contributed by atoms with Crippen LogP contribution in [0.5, 0.6) is 0 Å². The van der Waals surface area contributed by atoms with Gasteiger partial charge in [-0.15, -0.1) is 24.2 Å². The minimum Gasteiger partial charge on any atom is -0.342 e. The Bertz CT molecular complexity index is 554. The summed E-state index contributed by atoms with van der Waals surface area (Å²) in [7, 11) is 0. The normalized spacial score (nSPS) is 18.3. The van der Waals surface area contributed by atoms with Gasteiger partial charge in [0, 0.05) is 24.0 Å². The number of nitrogens with one attached hydrogen (secondary N) is 1. The van der Waals surface area contributed by atoms with Gasteiger partial charge in [-0.1, -0.05) is 17.7 Å². The van der Waals surface area contributed by atoms with Crippen LogP contribution in [0.15, 0.2) is 23.1 Å². The summed E-state index contributed by atoms with van der Waals surface area (Å²) < 4.78 is 0. The molecule has 0 aromatic heterocycles. The maximum absolute atomic E-state index is 12.4. The Morgan fingerprint density at radius 1 is 1.21 bits per heavy atom. The minimum absolute atomic E-state index is 0. The van der Waals surface area contributed by atoms with E-state index >= 15 is 0 Å². The van der Waals surface area contributed by atoms with Gasteiger partial charge in [-0.25, -0.2) is 0 Å². The molecule has 24 heavy (non-hydrogen) atoms. The summed E-state index contributed by atoms with van der Waals surface area (Å²) in [6.45, 7) is 7.22. The summed E-state index contributed by atoms with van der Waals surface area (Å²) in [4.78, 5) is 15.7. The number of amides is 1. The van der Waals surface area contributed by atoms with Crippen molar-refractivity contribution in [3.8, 4) is 0 Å². The first-order chi connectivity index (χ1) is 11.1. The summed E-state index contributed by atoms with van der Waals surface area (Å²) in [5.41, 5.74) is 2.52. The van der Waals surface area contributed by atoms with Gasteiger partial charge in [0.05, 0.1) is 5.75 Å². The van der Waals surface area contributed by atoms with Crippen LogP contribution < -0.4 is 5.32 Å². The Hall–Kier alpha value is -0.710. The molecule has 0 spiro atoms. The van der Waals surface area contributed by atoms with Gasteiger partial charge in [-0.3, -0.25) is 4.79 Å². The molecule has 1 amide bonds. The Kier molecular flexibility index (Phi) is 7.45. The second-order valence-corrected chi connectivity index (χ2v) is 8.08. The first-order valence-electron chi connectivity index (χ1n) is 8.83. The Labute approximate surface area is 156 Å². The number of halogens is 1. The van der Waals surface area contributed by atoms with Gasteiger partial charge in [0.25, 0.3) is 0 Å². The van der Waals surface area contributed by atoms with E-state index in [4.69, 9.17) is 0 Å². The maximum atomic E-state index is 12.4. The van der Waals surface area contributed by atoms with E-state index in [1.54, 1.807) is 11.8 Å². The van der Waals surface area contributed by atoms with Crippen molar-refractivity contribution in [3.63, 3.8) is 0 Å². The van der Waals surface area contributed by atoms with Crippen molar-refractivity contribution < 1.29 is 4.79 Å². The van der Waals surface area contributed by atoms with Crippen LogP contribution in [0.25, 0.3) is 0 Å². The predicted molar refractivity (Wildman–Crippen MR) is 104 cm³/mol. The second-order valence-electron chi connectivity index (χ2n) is 7.06. The first kappa shape index (κ1) is 19.6. The summed E-state index contributed by atoms with van der Waals surface area (Å²) in [5, 5.41) is 3.67. The van der Waals surface area contributed by atoms with Crippen molar-refractivity contribution in [2.24, 2.45) is 5.92 Å². The highest BCUT2D eigenvalue weighted by atomic mass is 35.5. The van der Waals surface area contributed by atoms with Gasteiger partial charge in [-0.05, 0) is 63.6 Å². The van der Waals surface area contributed by atoms with Crippen molar-refractivity contribution in [1.82, 2.24) is 10.2 Å². The van der Waals surface area contributed by atoms with Crippen LogP contribution in [-0.4, -0.2) is 42.2 Å². The zero-order valence-corrected chi connectivity index (χ0v) is 16.3. The molecule has 0 bridgehead atoms. The van der Waals surface area contributed by atoms with E-state index in [0.717, 1.165) is 31.8 Å². The van der Waals surface area contributed by atoms with Crippen LogP contribution in [0.4, 0.5) is 0 Å². The molecule has 1 saturated carbocycles. The molecule has 2 fully saturated rings. The Morgan fingerprint density at radius 3 is 2.58 bits per heavy atom. The third-order valence-electron chi connectivity index (χ3n) is 4.93. The van der Waals surface area contributed by atoms with Crippen LogP contribution >= 0.6 is 24.2 Å². The van der Waals surface area contributed by atoms with Gasteiger partial charge < -0.3 is 10.2 Å². The quantitative estimate of drug-likeness (QED) is 0.775. The molecular formula is C19H29ClN2OS. The number of aryl methyl sites for hydroxylation is 2. The van der Waals surface area contributed by atoms with Crippen molar-refractivity contribution in [2.45, 2.75) is 50.5 Å². The number of likely N-dealkylation sites (tertiary alicyclic amines) is 1. The van der Waals surface area contributed by atoms with Gasteiger partial charge in [0.15, 0.2) is 0 Å². The molecule has 1 heterocycles. The maximum Gasteiger partial charge on any atom is 0.232 e. The number of hydrogen-bond acceptors (Lipinski definition) is 3. The SMILES string of the molecule is Cc1ccc(C)c(SCC(=O)N2CCC(NCC3CC3)CC2)c1.Cl. The number of hydrogen-bond donors (Lipinski definition) is 1. The molecule has 5 heteroatoms. The second kappa shape index (κ2) is 9.12. The third kappa shape index (κ3) is 5.68. The fourth-order valence-electron chi connectivity index (χ4n) is 3.08. The van der Waals surface area contributed by atoms with Crippen molar-refractivity contribution >= 4 is 30.1 Å². The zero-order valence-electron chi connectivity index (χ0n) is 14.7. The lowest BCUT2D eigenvalue weighted by molar-refractivity contribution is -0.129. The molecule has 1 aromatic carbocycles. The Morgan fingerprint density at radius 2 is 1.92 bits per heavy atom. The molecule has 3 nitrogen and oxygen atoms in total. The highest BCUT2D eigenvalue weighted by Crippen LogP contribution is 2.28. The van der Waals surface area contributed by atoms with E-state index in [1.165, 1.54) is 35.4 Å². The van der Waals surface area contributed by atoms with E-state index in [0.29, 0.717) is 11.8 Å². The van der Waals surface area contributed by atoms with Crippen LogP contribution in [0.2, 0.25) is 0 Å². The largest absolute Gasteiger partial charge is 0.342 e. The molecule has 1 N–H and O–H groups in total. The van der Waals surface area contributed by atoms with Gasteiger partial charge in [-0.2, -0.15) is 0 Å². The number of benzene rings is 1. The molecule has 134 valence electrons. The molecule has 0 atom stereocenters. The van der Waals surface area contributed by atoms with Gasteiger partial charge in [0.2, 0.25) is 5.91 Å². The molecule has 1 aliphatic carbocycles. The van der Waals surface area contributed by atoms with Crippen molar-refractivity contribution in [2.75, 3.05) is 25.4 Å². The van der Waals surface area contributed by atoms with Crippen molar-refractivity contribution in [1.29, 1.82) is 0 Å². The van der Waals surface area contributed by atoms with Crippen LogP contribution in [-0.2, 0) is 4.79 Å². The van der Waals surface area contributed by atoms with Crippen LogP contribution in [0, 0.1) is 19.8 Å². The van der Waals surface area contributed by atoms with Gasteiger partial charge >= 0.3 is 0 Å². The molecule has 1 saturated heterocycles. The zero-order chi connectivity index (χ0) is 16.2. The number of carbonyl (C=O) groups is 1. The first-order valence-corrected chi connectivity index (χ1v) is 9.81. The molecule has 0 radical (unpaired) electrons. The van der Waals surface area contributed by atoms with Crippen LogP contribution in [0.1, 0.15) is 36.8 Å². The lowest BCUT2D eigenvalue weighted by Gasteiger charge is -2.32. The molecule has 3 rings (SSSR count). The van der Waals surface area contributed by atoms with E-state index in [-0.39, 0.29) is 18.3 Å². The monoisotopic (exact) mass is 368 g/mol. The molecule has 1 aromatic rings. The predicted octanol–water partition coefficient (Wildman–Crippen LogP) is 3.81. The van der Waals surface area contributed by atoms with E-state index in [2.05, 4.69) is 37.4 Å². The smallest absolute Gasteiger partial charge is 0.232 e. The van der Waals surface area contributed by atoms with Crippen LogP contribution in [0.3, 0.4) is 0 Å². The number of carbonyl (C=O) groups excluding carboxylic acids is 1. The molecular weight excluding hydrogens is 340 g/mol. The number of nitrogens with zero attached hydrogens (tertiary/aromatic N) is 1.